The highest BCUT2D eigenvalue weighted by Crippen LogP contribution is 2.23. The maximum Gasteiger partial charge on any atom is 0.320 e. The van der Waals surface area contributed by atoms with E-state index in [-0.39, 0.29) is 0 Å². The third-order valence-electron chi connectivity index (χ3n) is 2.51. The van der Waals surface area contributed by atoms with Crippen LogP contribution in [-0.4, -0.2) is 22.1 Å². The predicted octanol–water partition coefficient (Wildman–Crippen LogP) is 1.73. The van der Waals surface area contributed by atoms with Crippen LogP contribution in [-0.2, 0) is 11.2 Å². The van der Waals surface area contributed by atoms with Crippen LogP contribution in [0.15, 0.2) is 24.4 Å². The molecule has 0 aliphatic rings. The second kappa shape index (κ2) is 4.42. The van der Waals surface area contributed by atoms with Gasteiger partial charge in [0.1, 0.15) is 6.04 Å². The van der Waals surface area contributed by atoms with Crippen LogP contribution in [0.25, 0.3) is 10.9 Å². The Morgan fingerprint density at radius 3 is 3.00 bits per heavy atom. The second-order valence-corrected chi connectivity index (χ2v) is 4.79. The Hall–Kier alpha value is -1.08. The Bertz CT molecular complexity index is 536. The Balaban J connectivity index is 2.39. The van der Waals surface area contributed by atoms with E-state index >= 15 is 0 Å². The van der Waals surface area contributed by atoms with E-state index in [2.05, 4.69) is 27.6 Å². The third-order valence-corrected chi connectivity index (χ3v) is 3.41. The number of rotatable bonds is 3. The van der Waals surface area contributed by atoms with E-state index in [9.17, 15) is 4.79 Å². The molecule has 1 atom stereocenters. The van der Waals surface area contributed by atoms with Gasteiger partial charge < -0.3 is 15.8 Å². The van der Waals surface area contributed by atoms with Crippen LogP contribution in [0.1, 0.15) is 5.56 Å². The smallest absolute Gasteiger partial charge is 0.320 e. The van der Waals surface area contributed by atoms with Gasteiger partial charge in [-0.05, 0) is 34.2 Å². The molecule has 5 heteroatoms. The van der Waals surface area contributed by atoms with E-state index in [0.29, 0.717) is 6.42 Å². The molecule has 1 aromatic carbocycles. The summed E-state index contributed by atoms with van der Waals surface area (Å²) in [6.45, 7) is 0. The summed E-state index contributed by atoms with van der Waals surface area (Å²) in [7, 11) is 0. The summed E-state index contributed by atoms with van der Waals surface area (Å²) in [4.78, 5) is 13.8. The van der Waals surface area contributed by atoms with Crippen molar-refractivity contribution in [2.45, 2.75) is 12.5 Å². The minimum atomic E-state index is -0.972. The van der Waals surface area contributed by atoms with Gasteiger partial charge in [-0.25, -0.2) is 0 Å². The number of H-pyrrole nitrogens is 1. The predicted molar refractivity (Wildman–Crippen MR) is 70.3 cm³/mol. The number of fused-ring (bicyclic) bond motifs is 1. The van der Waals surface area contributed by atoms with Crippen LogP contribution >= 0.6 is 22.6 Å². The molecule has 0 unspecified atom stereocenters. The van der Waals surface area contributed by atoms with Crippen LogP contribution in [0, 0.1) is 3.57 Å². The molecule has 0 bridgehead atoms. The zero-order chi connectivity index (χ0) is 11.7. The Morgan fingerprint density at radius 1 is 1.56 bits per heavy atom. The van der Waals surface area contributed by atoms with Crippen LogP contribution in [0.3, 0.4) is 0 Å². The molecular weight excluding hydrogens is 315 g/mol. The van der Waals surface area contributed by atoms with Crippen molar-refractivity contribution in [2.75, 3.05) is 0 Å². The zero-order valence-electron chi connectivity index (χ0n) is 8.40. The fourth-order valence-electron chi connectivity index (χ4n) is 1.67. The number of carboxylic acid groups (broad SMARTS) is 1. The normalized spacial score (nSPS) is 12.9. The van der Waals surface area contributed by atoms with Crippen molar-refractivity contribution in [1.29, 1.82) is 0 Å². The number of nitrogens with two attached hydrogens (primary N) is 1. The lowest BCUT2D eigenvalue weighted by molar-refractivity contribution is -0.138. The van der Waals surface area contributed by atoms with Gasteiger partial charge in [0, 0.05) is 21.6 Å². The van der Waals surface area contributed by atoms with Crippen molar-refractivity contribution in [3.05, 3.63) is 33.5 Å². The molecule has 0 saturated heterocycles. The van der Waals surface area contributed by atoms with E-state index in [1.54, 1.807) is 0 Å². The zero-order valence-corrected chi connectivity index (χ0v) is 10.6. The number of aromatic amines is 1. The highest BCUT2D eigenvalue weighted by atomic mass is 123. The van der Waals surface area contributed by atoms with Crippen molar-refractivity contribution in [3.63, 3.8) is 0 Å². The fourth-order valence-corrected chi connectivity index (χ4v) is 2.32. The average molecular weight is 326 g/mol. The van der Waals surface area contributed by atoms with Gasteiger partial charge in [-0.15, -0.1) is 0 Å². The quantitative estimate of drug-likeness (QED) is 0.752. The standard InChI is InChI=1S/C11H11IN2O2/c12-8-3-1-2-7-6(5-14-10(7)8)4-9(13)11(15)16/h1-3,5,9,14H,4,13H2,(H,15,16)/t9-/m0/s1/i12-4. The number of aromatic nitrogens is 1. The highest BCUT2D eigenvalue weighted by molar-refractivity contribution is 14.1. The Labute approximate surface area is 106 Å². The molecule has 1 aromatic heterocycles. The molecule has 0 spiro atoms. The summed E-state index contributed by atoms with van der Waals surface area (Å²) in [6.07, 6.45) is 2.17. The number of halogens is 1. The van der Waals surface area contributed by atoms with Gasteiger partial charge in [-0.2, -0.15) is 0 Å². The molecule has 84 valence electrons. The van der Waals surface area contributed by atoms with Crippen molar-refractivity contribution in [2.24, 2.45) is 5.73 Å². The molecule has 0 fully saturated rings. The summed E-state index contributed by atoms with van der Waals surface area (Å²) in [5, 5.41) is 9.82. The molecule has 0 aliphatic carbocycles. The summed E-state index contributed by atoms with van der Waals surface area (Å²) >= 11 is 2.24. The Kier molecular flexibility index (Phi) is 3.15. The second-order valence-electron chi connectivity index (χ2n) is 3.63. The van der Waals surface area contributed by atoms with E-state index in [0.717, 1.165) is 20.0 Å². The first-order chi connectivity index (χ1) is 7.59. The van der Waals surface area contributed by atoms with Gasteiger partial charge in [-0.1, -0.05) is 12.1 Å². The van der Waals surface area contributed by atoms with Crippen molar-refractivity contribution in [1.82, 2.24) is 4.98 Å². The number of hydrogen-bond donors (Lipinski definition) is 3. The molecule has 2 aromatic rings. The minimum Gasteiger partial charge on any atom is -0.480 e. The number of carboxylic acids is 1. The summed E-state index contributed by atoms with van der Waals surface area (Å²) in [5.74, 6) is -0.972. The molecule has 16 heavy (non-hydrogen) atoms. The van der Waals surface area contributed by atoms with Gasteiger partial charge in [0.05, 0.1) is 5.52 Å². The van der Waals surface area contributed by atoms with Gasteiger partial charge in [0.15, 0.2) is 0 Å². The average Bonchev–Trinajstić information content (AvgIpc) is 2.63. The number of carbonyl (C=O) groups is 1. The van der Waals surface area contributed by atoms with Crippen LogP contribution in [0.5, 0.6) is 0 Å². The van der Waals surface area contributed by atoms with Crippen LogP contribution < -0.4 is 5.73 Å². The van der Waals surface area contributed by atoms with E-state index in [1.165, 1.54) is 0 Å². The van der Waals surface area contributed by atoms with Crippen LogP contribution in [0.4, 0.5) is 0 Å². The van der Waals surface area contributed by atoms with Crippen molar-refractivity contribution in [3.8, 4) is 0 Å². The fraction of sp³-hybridized carbons (Fsp3) is 0.182. The molecule has 1 heterocycles. The molecule has 0 radical (unpaired) electrons. The Morgan fingerprint density at radius 2 is 2.31 bits per heavy atom. The molecule has 0 amide bonds. The molecular formula is C11H11IN2O2. The largest absolute Gasteiger partial charge is 0.480 e. The number of para-hydroxylation sites is 1. The lowest BCUT2D eigenvalue weighted by Gasteiger charge is -2.04. The van der Waals surface area contributed by atoms with E-state index in [4.69, 9.17) is 10.8 Å². The first-order valence-corrected chi connectivity index (χ1v) is 5.90. The molecule has 4 N–H and O–H groups in total. The summed E-state index contributed by atoms with van der Waals surface area (Å²) < 4.78 is 1.12. The third kappa shape index (κ3) is 2.05. The van der Waals surface area contributed by atoms with Gasteiger partial charge in [-0.3, -0.25) is 4.79 Å². The number of benzene rings is 1. The van der Waals surface area contributed by atoms with Crippen molar-refractivity contribution < 1.29 is 9.90 Å². The maximum absolute atomic E-state index is 10.7. The molecule has 2 rings (SSSR count). The molecule has 0 saturated carbocycles. The van der Waals surface area contributed by atoms with Crippen LogP contribution in [0.2, 0.25) is 0 Å². The lowest BCUT2D eigenvalue weighted by Crippen LogP contribution is -2.32. The summed E-state index contributed by atoms with van der Waals surface area (Å²) in [5.41, 5.74) is 7.51. The minimum absolute atomic E-state index is 0.343. The molecule has 0 aliphatic heterocycles. The first kappa shape index (κ1) is 11.4. The van der Waals surface area contributed by atoms with Gasteiger partial charge in [0.2, 0.25) is 0 Å². The van der Waals surface area contributed by atoms with Gasteiger partial charge in [0.25, 0.3) is 0 Å². The van der Waals surface area contributed by atoms with Gasteiger partial charge >= 0.3 is 5.97 Å². The molecule has 4 nitrogen and oxygen atoms in total. The number of hydrogen-bond acceptors (Lipinski definition) is 2. The van der Waals surface area contributed by atoms with Crippen molar-refractivity contribution >= 4 is 39.5 Å². The number of aliphatic carboxylic acids is 1. The SMILES string of the molecule is N[C@@H](Cc1c[nH]c2c([123I])cccc12)C(=O)O. The van der Waals surface area contributed by atoms with E-state index in [1.807, 2.05) is 24.4 Å². The highest BCUT2D eigenvalue weighted by Gasteiger charge is 2.15. The monoisotopic (exact) mass is 326 g/mol. The topological polar surface area (TPSA) is 79.1 Å². The maximum atomic E-state index is 10.7. The summed E-state index contributed by atoms with van der Waals surface area (Å²) in [6, 6.07) is 5.07. The lowest BCUT2D eigenvalue weighted by atomic mass is 10.1. The van der Waals surface area contributed by atoms with E-state index < -0.39 is 12.0 Å². The number of nitrogens with one attached hydrogen (secondary N) is 1. The first-order valence-electron chi connectivity index (χ1n) is 4.82.